The van der Waals surface area contributed by atoms with Gasteiger partial charge in [0.15, 0.2) is 0 Å². The molecule has 2 heteroatoms. The van der Waals surface area contributed by atoms with Crippen LogP contribution >= 0.6 is 0 Å². The molecule has 0 N–H and O–H groups in total. The molecule has 1 atom stereocenters. The lowest BCUT2D eigenvalue weighted by atomic mass is 10.3. The Morgan fingerprint density at radius 1 is 1.50 bits per heavy atom. The third-order valence-corrected chi connectivity index (χ3v) is 1.02. The number of rotatable bonds is 3. The van der Waals surface area contributed by atoms with Crippen LogP contribution in [0.2, 0.25) is 0 Å². The monoisotopic (exact) mass is 116 g/mol. The van der Waals surface area contributed by atoms with Gasteiger partial charge in [-0.25, -0.2) is 5.11 Å². The maximum Gasteiger partial charge on any atom is 0.105 e. The first kappa shape index (κ1) is 7.92. The van der Waals surface area contributed by atoms with Crippen LogP contribution in [0.5, 0.6) is 0 Å². The lowest BCUT2D eigenvalue weighted by Gasteiger charge is -2.11. The van der Waals surface area contributed by atoms with E-state index >= 15 is 0 Å². The van der Waals surface area contributed by atoms with E-state index in [1.165, 1.54) is 0 Å². The molecule has 0 saturated heterocycles. The van der Waals surface area contributed by atoms with Crippen LogP contribution in [-0.4, -0.2) is 31.6 Å². The van der Waals surface area contributed by atoms with E-state index in [0.717, 1.165) is 6.42 Å². The second-order valence-corrected chi connectivity index (χ2v) is 2.29. The van der Waals surface area contributed by atoms with Crippen LogP contribution in [0.1, 0.15) is 13.3 Å². The Morgan fingerprint density at radius 2 is 2.00 bits per heavy atom. The van der Waals surface area contributed by atoms with Crippen LogP contribution in [0.4, 0.5) is 0 Å². The Morgan fingerprint density at radius 3 is 2.12 bits per heavy atom. The van der Waals surface area contributed by atoms with E-state index in [1.807, 2.05) is 25.9 Å². The molecule has 0 aromatic rings. The highest BCUT2D eigenvalue weighted by Crippen LogP contribution is 1.90. The minimum absolute atomic E-state index is 0.398. The molecule has 0 fully saturated rings. The van der Waals surface area contributed by atoms with Crippen molar-refractivity contribution in [1.29, 1.82) is 0 Å². The molecule has 0 bridgehead atoms. The zero-order valence-corrected chi connectivity index (χ0v) is 5.85. The molecule has 49 valence electrons. The van der Waals surface area contributed by atoms with E-state index in [1.54, 1.807) is 0 Å². The molecule has 8 heavy (non-hydrogen) atoms. The summed E-state index contributed by atoms with van der Waals surface area (Å²) in [4.78, 5) is 1.92. The van der Waals surface area contributed by atoms with E-state index in [0.29, 0.717) is 6.54 Å². The van der Waals surface area contributed by atoms with E-state index < -0.39 is 6.10 Å². The van der Waals surface area contributed by atoms with E-state index in [9.17, 15) is 5.11 Å². The maximum atomic E-state index is 10.7. The van der Waals surface area contributed by atoms with Crippen molar-refractivity contribution in [3.8, 4) is 0 Å². The number of hydrogen-bond donors (Lipinski definition) is 0. The third kappa shape index (κ3) is 4.09. The highest BCUT2D eigenvalue weighted by atomic mass is 16.3. The maximum absolute atomic E-state index is 10.7. The van der Waals surface area contributed by atoms with Gasteiger partial charge >= 0.3 is 0 Å². The summed E-state index contributed by atoms with van der Waals surface area (Å²) >= 11 is 0. The van der Waals surface area contributed by atoms with E-state index in [4.69, 9.17) is 0 Å². The van der Waals surface area contributed by atoms with Crippen LogP contribution in [0.3, 0.4) is 0 Å². The van der Waals surface area contributed by atoms with Crippen molar-refractivity contribution in [3.05, 3.63) is 0 Å². The van der Waals surface area contributed by atoms with Gasteiger partial charge in [-0.05, 0) is 20.5 Å². The van der Waals surface area contributed by atoms with Crippen LogP contribution < -0.4 is 0 Å². The molecule has 0 rings (SSSR count). The van der Waals surface area contributed by atoms with Gasteiger partial charge in [0, 0.05) is 6.54 Å². The molecular weight excluding hydrogens is 102 g/mol. The highest BCUT2D eigenvalue weighted by Gasteiger charge is 2.01. The molecule has 1 radical (unpaired) electrons. The summed E-state index contributed by atoms with van der Waals surface area (Å²) in [6, 6.07) is 0. The third-order valence-electron chi connectivity index (χ3n) is 1.02. The Kier molecular flexibility index (Phi) is 3.83. The summed E-state index contributed by atoms with van der Waals surface area (Å²) in [5, 5.41) is 10.7. The second kappa shape index (κ2) is 3.87. The van der Waals surface area contributed by atoms with Gasteiger partial charge in [-0.3, -0.25) is 0 Å². The fraction of sp³-hybridized carbons (Fsp3) is 1.00. The quantitative estimate of drug-likeness (QED) is 0.534. The lowest BCUT2D eigenvalue weighted by Crippen LogP contribution is -2.23. The molecular formula is C6H14NO. The number of hydrogen-bond acceptors (Lipinski definition) is 1. The molecule has 0 aliphatic carbocycles. The van der Waals surface area contributed by atoms with E-state index in [-0.39, 0.29) is 0 Å². The van der Waals surface area contributed by atoms with Gasteiger partial charge < -0.3 is 4.90 Å². The van der Waals surface area contributed by atoms with Gasteiger partial charge in [-0.2, -0.15) is 0 Å². The Balaban J connectivity index is 3.10. The first-order chi connectivity index (χ1) is 3.66. The van der Waals surface area contributed by atoms with Crippen molar-refractivity contribution in [2.45, 2.75) is 19.4 Å². The van der Waals surface area contributed by atoms with Crippen molar-refractivity contribution in [1.82, 2.24) is 4.90 Å². The first-order valence-corrected chi connectivity index (χ1v) is 2.97. The second-order valence-electron chi connectivity index (χ2n) is 2.29. The summed E-state index contributed by atoms with van der Waals surface area (Å²) in [7, 11) is 3.83. The van der Waals surface area contributed by atoms with Gasteiger partial charge in [0.05, 0.1) is 0 Å². The Labute approximate surface area is 51.1 Å². The highest BCUT2D eigenvalue weighted by molar-refractivity contribution is 4.53. The van der Waals surface area contributed by atoms with Crippen LogP contribution in [0.15, 0.2) is 0 Å². The molecule has 0 aromatic carbocycles. The minimum Gasteiger partial charge on any atom is -0.307 e. The predicted octanol–water partition coefficient (Wildman–Crippen LogP) is 0.757. The largest absolute Gasteiger partial charge is 0.307 e. The zero-order chi connectivity index (χ0) is 6.57. The summed E-state index contributed by atoms with van der Waals surface area (Å²) in [5.41, 5.74) is 0. The smallest absolute Gasteiger partial charge is 0.105 e. The van der Waals surface area contributed by atoms with Crippen molar-refractivity contribution >= 4 is 0 Å². The summed E-state index contributed by atoms with van der Waals surface area (Å²) in [6.45, 7) is 2.58. The van der Waals surface area contributed by atoms with Crippen molar-refractivity contribution in [2.75, 3.05) is 20.6 Å². The Hall–Kier alpha value is -0.0800. The van der Waals surface area contributed by atoms with Crippen molar-refractivity contribution in [2.24, 2.45) is 0 Å². The van der Waals surface area contributed by atoms with Crippen molar-refractivity contribution < 1.29 is 5.11 Å². The van der Waals surface area contributed by atoms with Gasteiger partial charge in [0.1, 0.15) is 6.10 Å². The summed E-state index contributed by atoms with van der Waals surface area (Å²) in [6.07, 6.45) is 0.336. The fourth-order valence-electron chi connectivity index (χ4n) is 0.536. The average molecular weight is 116 g/mol. The molecule has 2 nitrogen and oxygen atoms in total. The standard InChI is InChI=1S/C6H14NO/c1-4-6(8)5-7(2)3/h6H,4-5H2,1-3H3. The summed E-state index contributed by atoms with van der Waals surface area (Å²) < 4.78 is 0. The van der Waals surface area contributed by atoms with Crippen molar-refractivity contribution in [3.63, 3.8) is 0 Å². The molecule has 0 aliphatic heterocycles. The molecule has 0 aromatic heterocycles. The van der Waals surface area contributed by atoms with Crippen LogP contribution in [0, 0.1) is 0 Å². The minimum atomic E-state index is -0.398. The fourth-order valence-corrected chi connectivity index (χ4v) is 0.536. The molecule has 0 aliphatic rings. The molecule has 1 unspecified atom stereocenters. The van der Waals surface area contributed by atoms with E-state index in [2.05, 4.69) is 0 Å². The predicted molar refractivity (Wildman–Crippen MR) is 33.3 cm³/mol. The first-order valence-electron chi connectivity index (χ1n) is 2.97. The number of likely N-dealkylation sites (N-methyl/N-ethyl adjacent to an activating group) is 1. The Bertz CT molecular complexity index is 54.5. The van der Waals surface area contributed by atoms with Gasteiger partial charge in [0.2, 0.25) is 0 Å². The molecule has 0 amide bonds. The lowest BCUT2D eigenvalue weighted by molar-refractivity contribution is 0.0618. The van der Waals surface area contributed by atoms with Crippen LogP contribution in [-0.2, 0) is 5.11 Å². The summed E-state index contributed by atoms with van der Waals surface area (Å²) in [5.74, 6) is 0. The number of nitrogens with zero attached hydrogens (tertiary/aromatic N) is 1. The normalized spacial score (nSPS) is 14.6. The SMILES string of the molecule is CCC([O])CN(C)C. The zero-order valence-electron chi connectivity index (χ0n) is 5.85. The molecule has 0 heterocycles. The van der Waals surface area contributed by atoms with Gasteiger partial charge in [-0.1, -0.05) is 6.92 Å². The average Bonchev–Trinajstić information content (AvgIpc) is 1.65. The molecule has 0 spiro atoms. The van der Waals surface area contributed by atoms with Gasteiger partial charge in [-0.15, -0.1) is 0 Å². The topological polar surface area (TPSA) is 23.1 Å². The van der Waals surface area contributed by atoms with Gasteiger partial charge in [0.25, 0.3) is 0 Å². The molecule has 0 saturated carbocycles. The van der Waals surface area contributed by atoms with Crippen LogP contribution in [0.25, 0.3) is 0 Å².